The second-order valence-electron chi connectivity index (χ2n) is 3.50. The van der Waals surface area contributed by atoms with Crippen LogP contribution in [0.2, 0.25) is 0 Å². The van der Waals surface area contributed by atoms with Gasteiger partial charge in [0.25, 0.3) is 15.8 Å². The number of Topliss-reactive ketones (excluding diaryl/α,β-unsaturated/α-hetero) is 1. The molecule has 1 aromatic carbocycles. The number of benzene rings is 1. The number of allylic oxidation sites excluding steroid dienone is 1. The number of carbonyl (C=O) groups excluding carboxylic acids is 1. The van der Waals surface area contributed by atoms with Gasteiger partial charge in [0.05, 0.1) is 9.82 Å². The Morgan fingerprint density at radius 3 is 2.42 bits per heavy atom. The molecule has 0 bridgehead atoms. The van der Waals surface area contributed by atoms with E-state index in [0.717, 1.165) is 24.3 Å². The zero-order chi connectivity index (χ0) is 14.5. The number of ketones is 1. The zero-order valence-electron chi connectivity index (χ0n) is 9.81. The van der Waals surface area contributed by atoms with E-state index in [0.29, 0.717) is 0 Å². The minimum atomic E-state index is -4.09. The van der Waals surface area contributed by atoms with Gasteiger partial charge in [0.2, 0.25) is 0 Å². The van der Waals surface area contributed by atoms with Gasteiger partial charge < -0.3 is 0 Å². The Morgan fingerprint density at radius 2 is 1.95 bits per heavy atom. The van der Waals surface area contributed by atoms with Crippen molar-refractivity contribution in [2.45, 2.75) is 11.3 Å². The Hall–Kier alpha value is -2.06. The Bertz CT molecular complexity index is 590. The molecule has 1 aromatic rings. The molecule has 0 spiro atoms. The fourth-order valence-electron chi connectivity index (χ4n) is 1.17. The predicted molar refractivity (Wildman–Crippen MR) is 66.1 cm³/mol. The van der Waals surface area contributed by atoms with Gasteiger partial charge in [-0.15, -0.1) is 6.58 Å². The molecule has 8 heteroatoms. The summed E-state index contributed by atoms with van der Waals surface area (Å²) in [6.07, 6.45) is 1.35. The van der Waals surface area contributed by atoms with E-state index in [1.165, 1.54) is 6.08 Å². The van der Waals surface area contributed by atoms with E-state index in [1.807, 2.05) is 0 Å². The van der Waals surface area contributed by atoms with E-state index in [9.17, 15) is 23.3 Å². The van der Waals surface area contributed by atoms with Crippen molar-refractivity contribution in [2.75, 3.05) is 6.61 Å². The lowest BCUT2D eigenvalue weighted by Crippen LogP contribution is -2.13. The summed E-state index contributed by atoms with van der Waals surface area (Å²) in [5, 5.41) is 10.4. The molecule has 0 saturated heterocycles. The van der Waals surface area contributed by atoms with Gasteiger partial charge in [-0.1, -0.05) is 6.08 Å². The second kappa shape index (κ2) is 6.21. The summed E-state index contributed by atoms with van der Waals surface area (Å²) >= 11 is 0. The third-order valence-corrected chi connectivity index (χ3v) is 3.36. The molecule has 0 saturated carbocycles. The molecule has 0 amide bonds. The summed E-state index contributed by atoms with van der Waals surface area (Å²) < 4.78 is 27.8. The van der Waals surface area contributed by atoms with Crippen molar-refractivity contribution in [3.8, 4) is 0 Å². The van der Waals surface area contributed by atoms with Crippen LogP contribution in [0.5, 0.6) is 0 Å². The van der Waals surface area contributed by atoms with Crippen LogP contribution >= 0.6 is 0 Å². The molecule has 7 nitrogen and oxygen atoms in total. The van der Waals surface area contributed by atoms with E-state index in [4.69, 9.17) is 0 Å². The first-order chi connectivity index (χ1) is 8.86. The Morgan fingerprint density at radius 1 is 1.37 bits per heavy atom. The van der Waals surface area contributed by atoms with Gasteiger partial charge in [-0.05, 0) is 12.1 Å². The monoisotopic (exact) mass is 285 g/mol. The molecule has 0 fully saturated rings. The normalized spacial score (nSPS) is 10.9. The number of nitrogens with zero attached hydrogens (tertiary/aromatic N) is 1. The van der Waals surface area contributed by atoms with Crippen molar-refractivity contribution >= 4 is 21.6 Å². The van der Waals surface area contributed by atoms with Gasteiger partial charge in [-0.3, -0.25) is 19.1 Å². The first-order valence-corrected chi connectivity index (χ1v) is 6.54. The molecule has 19 heavy (non-hydrogen) atoms. The van der Waals surface area contributed by atoms with E-state index >= 15 is 0 Å². The quantitative estimate of drug-likeness (QED) is 0.325. The molecule has 0 unspecified atom stereocenters. The number of hydrogen-bond acceptors (Lipinski definition) is 6. The third kappa shape index (κ3) is 4.27. The maximum Gasteiger partial charge on any atom is 0.297 e. The lowest BCUT2D eigenvalue weighted by molar-refractivity contribution is -0.384. The van der Waals surface area contributed by atoms with Crippen LogP contribution in [0.4, 0.5) is 5.69 Å². The van der Waals surface area contributed by atoms with E-state index in [2.05, 4.69) is 10.8 Å². The van der Waals surface area contributed by atoms with Gasteiger partial charge in [-0.25, -0.2) is 0 Å². The molecule has 102 valence electrons. The van der Waals surface area contributed by atoms with Crippen LogP contribution in [0.3, 0.4) is 0 Å². The highest BCUT2D eigenvalue weighted by molar-refractivity contribution is 7.86. The highest BCUT2D eigenvalue weighted by Gasteiger charge is 2.18. The topological polar surface area (TPSA) is 104 Å². The molecule has 1 rings (SSSR count). The minimum absolute atomic E-state index is 0.00970. The van der Waals surface area contributed by atoms with Crippen LogP contribution in [0, 0.1) is 10.1 Å². The lowest BCUT2D eigenvalue weighted by Gasteiger charge is -2.04. The first-order valence-electron chi connectivity index (χ1n) is 5.13. The fraction of sp³-hybridized carbons (Fsp3) is 0.182. The zero-order valence-corrected chi connectivity index (χ0v) is 10.6. The molecule has 0 aliphatic carbocycles. The van der Waals surface area contributed by atoms with E-state index in [1.54, 1.807) is 0 Å². The minimum Gasteiger partial charge on any atom is -0.297 e. The number of hydrogen-bond donors (Lipinski definition) is 0. The van der Waals surface area contributed by atoms with Crippen molar-refractivity contribution in [1.82, 2.24) is 0 Å². The largest absolute Gasteiger partial charge is 0.297 e. The molecule has 0 aliphatic heterocycles. The Kier molecular flexibility index (Phi) is 4.90. The van der Waals surface area contributed by atoms with Gasteiger partial charge in [0.15, 0.2) is 5.78 Å². The van der Waals surface area contributed by atoms with Gasteiger partial charge in [0, 0.05) is 18.6 Å². The van der Waals surface area contributed by atoms with Crippen molar-refractivity contribution in [3.05, 3.63) is 47.0 Å². The molecular formula is C11H11NO6S. The summed E-state index contributed by atoms with van der Waals surface area (Å²) in [7, 11) is -4.09. The van der Waals surface area contributed by atoms with Crippen LogP contribution in [0.25, 0.3) is 0 Å². The van der Waals surface area contributed by atoms with Gasteiger partial charge in [-0.2, -0.15) is 8.42 Å². The summed E-state index contributed by atoms with van der Waals surface area (Å²) in [4.78, 5) is 20.6. The summed E-state index contributed by atoms with van der Waals surface area (Å²) in [6.45, 7) is 2.75. The predicted octanol–water partition coefficient (Wildman–Crippen LogP) is 1.45. The number of carbonyl (C=O) groups is 1. The van der Waals surface area contributed by atoms with Crippen molar-refractivity contribution < 1.29 is 22.3 Å². The molecule has 0 radical (unpaired) electrons. The van der Waals surface area contributed by atoms with Crippen LogP contribution in [-0.4, -0.2) is 25.7 Å². The van der Waals surface area contributed by atoms with Crippen LogP contribution in [0.15, 0.2) is 41.8 Å². The maximum atomic E-state index is 11.7. The molecule has 0 atom stereocenters. The second-order valence-corrected chi connectivity index (χ2v) is 5.11. The fourth-order valence-corrected chi connectivity index (χ4v) is 2.06. The standard InChI is InChI=1S/C11H11NO6S/c1-2-3-10(13)8-18-19(16,17)11-6-4-9(5-7-11)12(14)15/h2,4-7H,1,3,8H2. The molecule has 0 aliphatic rings. The summed E-state index contributed by atoms with van der Waals surface area (Å²) in [5.74, 6) is -0.430. The van der Waals surface area contributed by atoms with Crippen LogP contribution in [-0.2, 0) is 19.1 Å². The highest BCUT2D eigenvalue weighted by Crippen LogP contribution is 2.17. The van der Waals surface area contributed by atoms with Crippen LogP contribution < -0.4 is 0 Å². The molecule has 0 heterocycles. The van der Waals surface area contributed by atoms with Gasteiger partial charge >= 0.3 is 0 Å². The van der Waals surface area contributed by atoms with Crippen molar-refractivity contribution in [1.29, 1.82) is 0 Å². The Labute approximate surface area is 109 Å². The SMILES string of the molecule is C=CCC(=O)COS(=O)(=O)c1ccc([N+](=O)[O-])cc1. The summed E-state index contributed by atoms with van der Waals surface area (Å²) in [5.41, 5.74) is -0.235. The number of nitro benzene ring substituents is 1. The van der Waals surface area contributed by atoms with Crippen LogP contribution in [0.1, 0.15) is 6.42 Å². The average Bonchev–Trinajstić information content (AvgIpc) is 2.37. The number of nitro groups is 1. The lowest BCUT2D eigenvalue weighted by atomic mass is 10.3. The summed E-state index contributed by atoms with van der Waals surface area (Å²) in [6, 6.07) is 4.18. The number of non-ortho nitro benzene ring substituents is 1. The molecule has 0 N–H and O–H groups in total. The highest BCUT2D eigenvalue weighted by atomic mass is 32.2. The Balaban J connectivity index is 2.80. The average molecular weight is 285 g/mol. The smallest absolute Gasteiger partial charge is 0.297 e. The molecule has 0 aromatic heterocycles. The van der Waals surface area contributed by atoms with Gasteiger partial charge in [0.1, 0.15) is 6.61 Å². The van der Waals surface area contributed by atoms with Crippen molar-refractivity contribution in [3.63, 3.8) is 0 Å². The maximum absolute atomic E-state index is 11.7. The van der Waals surface area contributed by atoms with E-state index < -0.39 is 27.4 Å². The third-order valence-electron chi connectivity index (χ3n) is 2.08. The number of rotatable bonds is 7. The first kappa shape index (κ1) is 15.0. The van der Waals surface area contributed by atoms with E-state index in [-0.39, 0.29) is 17.0 Å². The van der Waals surface area contributed by atoms with Crippen molar-refractivity contribution in [2.24, 2.45) is 0 Å². The molecular weight excluding hydrogens is 274 g/mol.